The number of hydrogen-bond donors (Lipinski definition) is 0. The summed E-state index contributed by atoms with van der Waals surface area (Å²) in [5, 5.41) is 0.868. The zero-order chi connectivity index (χ0) is 15.0. The Morgan fingerprint density at radius 2 is 2.24 bits per heavy atom. The first kappa shape index (κ1) is 14.4. The third kappa shape index (κ3) is 2.79. The molecule has 2 heterocycles. The van der Waals surface area contributed by atoms with E-state index in [2.05, 4.69) is 22.9 Å². The van der Waals surface area contributed by atoms with Crippen LogP contribution >= 0.6 is 15.9 Å². The molecule has 4 nitrogen and oxygen atoms in total. The molecule has 1 aliphatic heterocycles. The van der Waals surface area contributed by atoms with Gasteiger partial charge in [-0.15, -0.1) is 0 Å². The summed E-state index contributed by atoms with van der Waals surface area (Å²) in [5.41, 5.74) is 1.28. The summed E-state index contributed by atoms with van der Waals surface area (Å²) in [6.07, 6.45) is 2.26. The number of halogens is 1. The molecule has 0 radical (unpaired) electrons. The monoisotopic (exact) mass is 351 g/mol. The Kier molecular flexibility index (Phi) is 3.93. The molecule has 1 atom stereocenters. The number of nitrogens with zero attached hydrogens (tertiary/aromatic N) is 1. The van der Waals surface area contributed by atoms with Crippen LogP contribution < -0.4 is 4.74 Å². The maximum absolute atomic E-state index is 12.7. The average molecular weight is 352 g/mol. The highest BCUT2D eigenvalue weighted by Crippen LogP contribution is 2.33. The summed E-state index contributed by atoms with van der Waals surface area (Å²) < 4.78 is 11.6. The van der Waals surface area contributed by atoms with E-state index in [0.717, 1.165) is 24.9 Å². The third-order valence-electron chi connectivity index (χ3n) is 3.98. The number of piperidine rings is 1. The van der Waals surface area contributed by atoms with Crippen molar-refractivity contribution < 1.29 is 13.9 Å². The number of likely N-dealkylation sites (tertiary alicyclic amines) is 1. The van der Waals surface area contributed by atoms with Crippen LogP contribution in [0.3, 0.4) is 0 Å². The SMILES string of the molecule is COc1cc(C(=O)N2CCCC(C)C2)cc2oc(Br)cc12. The van der Waals surface area contributed by atoms with Crippen molar-refractivity contribution in [2.24, 2.45) is 5.92 Å². The van der Waals surface area contributed by atoms with Gasteiger partial charge in [0.25, 0.3) is 5.91 Å². The topological polar surface area (TPSA) is 42.7 Å². The summed E-state index contributed by atoms with van der Waals surface area (Å²) in [5.74, 6) is 1.27. The molecule has 3 rings (SSSR count). The van der Waals surface area contributed by atoms with Crippen LogP contribution in [0, 0.1) is 5.92 Å². The number of carbonyl (C=O) groups is 1. The zero-order valence-electron chi connectivity index (χ0n) is 12.2. The number of furan rings is 1. The van der Waals surface area contributed by atoms with E-state index in [1.54, 1.807) is 19.2 Å². The third-order valence-corrected chi connectivity index (χ3v) is 4.37. The van der Waals surface area contributed by atoms with Crippen molar-refractivity contribution in [1.82, 2.24) is 4.90 Å². The van der Waals surface area contributed by atoms with E-state index in [-0.39, 0.29) is 5.91 Å². The Balaban J connectivity index is 1.97. The first-order chi connectivity index (χ1) is 10.1. The van der Waals surface area contributed by atoms with Crippen molar-refractivity contribution in [3.8, 4) is 5.75 Å². The highest BCUT2D eigenvalue weighted by atomic mass is 79.9. The lowest BCUT2D eigenvalue weighted by atomic mass is 9.99. The number of ether oxygens (including phenoxy) is 1. The second-order valence-corrected chi connectivity index (χ2v) is 6.42. The predicted octanol–water partition coefficient (Wildman–Crippen LogP) is 4.08. The van der Waals surface area contributed by atoms with Crippen LogP contribution in [-0.4, -0.2) is 31.0 Å². The number of methoxy groups -OCH3 is 1. The van der Waals surface area contributed by atoms with E-state index >= 15 is 0 Å². The molecule has 0 saturated carbocycles. The second-order valence-electron chi connectivity index (χ2n) is 5.64. The Hall–Kier alpha value is -1.49. The number of amides is 1. The standard InChI is InChI=1S/C16H18BrNO3/c1-10-4-3-5-18(9-10)16(19)11-6-13(20-2)12-8-15(17)21-14(12)7-11/h6-8,10H,3-5,9H2,1-2H3. The molecule has 21 heavy (non-hydrogen) atoms. The van der Waals surface area contributed by atoms with Gasteiger partial charge in [0, 0.05) is 24.7 Å². The Morgan fingerprint density at radius 1 is 1.43 bits per heavy atom. The molecule has 1 unspecified atom stereocenters. The van der Waals surface area contributed by atoms with Crippen molar-refractivity contribution in [1.29, 1.82) is 0 Å². The Bertz CT molecular complexity index is 679. The van der Waals surface area contributed by atoms with Gasteiger partial charge < -0.3 is 14.1 Å². The molecule has 1 fully saturated rings. The molecule has 0 spiro atoms. The van der Waals surface area contributed by atoms with E-state index in [4.69, 9.17) is 9.15 Å². The highest BCUT2D eigenvalue weighted by Gasteiger charge is 2.23. The molecule has 112 valence electrons. The number of rotatable bonds is 2. The van der Waals surface area contributed by atoms with Crippen LogP contribution in [0.2, 0.25) is 0 Å². The fraction of sp³-hybridized carbons (Fsp3) is 0.438. The molecule has 1 aromatic heterocycles. The first-order valence-corrected chi connectivity index (χ1v) is 7.94. The average Bonchev–Trinajstić information content (AvgIpc) is 2.85. The first-order valence-electron chi connectivity index (χ1n) is 7.15. The largest absolute Gasteiger partial charge is 0.496 e. The normalized spacial score (nSPS) is 19.0. The minimum Gasteiger partial charge on any atom is -0.496 e. The Labute approximate surface area is 132 Å². The minimum absolute atomic E-state index is 0.0503. The molecule has 5 heteroatoms. The molecule has 1 amide bonds. The van der Waals surface area contributed by atoms with E-state index in [1.807, 2.05) is 11.0 Å². The minimum atomic E-state index is 0.0503. The highest BCUT2D eigenvalue weighted by molar-refractivity contribution is 9.10. The van der Waals surface area contributed by atoms with Crippen LogP contribution in [0.4, 0.5) is 0 Å². The molecule has 0 bridgehead atoms. The maximum Gasteiger partial charge on any atom is 0.254 e. The Morgan fingerprint density at radius 3 is 2.95 bits per heavy atom. The molecule has 1 aromatic carbocycles. The van der Waals surface area contributed by atoms with E-state index in [0.29, 0.717) is 27.5 Å². The van der Waals surface area contributed by atoms with Gasteiger partial charge in [-0.3, -0.25) is 4.79 Å². The molecule has 0 N–H and O–H groups in total. The quantitative estimate of drug-likeness (QED) is 0.818. The van der Waals surface area contributed by atoms with Crippen LogP contribution in [0.1, 0.15) is 30.1 Å². The molecule has 1 saturated heterocycles. The molecular weight excluding hydrogens is 334 g/mol. The van der Waals surface area contributed by atoms with E-state index < -0.39 is 0 Å². The summed E-state index contributed by atoms with van der Waals surface area (Å²) in [7, 11) is 1.60. The van der Waals surface area contributed by atoms with Crippen LogP contribution in [0.25, 0.3) is 11.0 Å². The van der Waals surface area contributed by atoms with Gasteiger partial charge in [0.05, 0.1) is 12.5 Å². The molecule has 1 aliphatic rings. The van der Waals surface area contributed by atoms with Crippen LogP contribution in [0.5, 0.6) is 5.75 Å². The predicted molar refractivity (Wildman–Crippen MR) is 84.8 cm³/mol. The van der Waals surface area contributed by atoms with Gasteiger partial charge in [-0.1, -0.05) is 6.92 Å². The summed E-state index contributed by atoms with van der Waals surface area (Å²) >= 11 is 3.32. The van der Waals surface area contributed by atoms with Crippen molar-refractivity contribution in [3.63, 3.8) is 0 Å². The summed E-state index contributed by atoms with van der Waals surface area (Å²) in [6.45, 7) is 3.83. The van der Waals surface area contributed by atoms with Gasteiger partial charge in [-0.05, 0) is 46.8 Å². The van der Waals surface area contributed by atoms with Crippen molar-refractivity contribution in [3.05, 3.63) is 28.4 Å². The van der Waals surface area contributed by atoms with Crippen LogP contribution in [-0.2, 0) is 0 Å². The molecule has 2 aromatic rings. The molecular formula is C16H18BrNO3. The van der Waals surface area contributed by atoms with Gasteiger partial charge in [0.1, 0.15) is 11.3 Å². The fourth-order valence-electron chi connectivity index (χ4n) is 2.92. The number of benzene rings is 1. The van der Waals surface area contributed by atoms with Crippen molar-refractivity contribution in [2.75, 3.05) is 20.2 Å². The maximum atomic E-state index is 12.7. The zero-order valence-corrected chi connectivity index (χ0v) is 13.8. The van der Waals surface area contributed by atoms with E-state index in [9.17, 15) is 4.79 Å². The number of carbonyl (C=O) groups excluding carboxylic acids is 1. The smallest absolute Gasteiger partial charge is 0.254 e. The van der Waals surface area contributed by atoms with Crippen molar-refractivity contribution >= 4 is 32.8 Å². The van der Waals surface area contributed by atoms with Gasteiger partial charge in [-0.25, -0.2) is 0 Å². The number of fused-ring (bicyclic) bond motifs is 1. The summed E-state index contributed by atoms with van der Waals surface area (Å²) in [6, 6.07) is 5.45. The van der Waals surface area contributed by atoms with Gasteiger partial charge >= 0.3 is 0 Å². The van der Waals surface area contributed by atoms with Gasteiger partial charge in [-0.2, -0.15) is 0 Å². The van der Waals surface area contributed by atoms with Gasteiger partial charge in [0.15, 0.2) is 4.67 Å². The fourth-order valence-corrected chi connectivity index (χ4v) is 3.33. The lowest BCUT2D eigenvalue weighted by Crippen LogP contribution is -2.39. The lowest BCUT2D eigenvalue weighted by Gasteiger charge is -2.31. The second kappa shape index (κ2) is 5.72. The van der Waals surface area contributed by atoms with E-state index in [1.165, 1.54) is 6.42 Å². The molecule has 0 aliphatic carbocycles. The van der Waals surface area contributed by atoms with Gasteiger partial charge in [0.2, 0.25) is 0 Å². The van der Waals surface area contributed by atoms with Crippen LogP contribution in [0.15, 0.2) is 27.3 Å². The lowest BCUT2D eigenvalue weighted by molar-refractivity contribution is 0.0682. The summed E-state index contributed by atoms with van der Waals surface area (Å²) in [4.78, 5) is 14.6. The number of hydrogen-bond acceptors (Lipinski definition) is 3. The van der Waals surface area contributed by atoms with Crippen molar-refractivity contribution in [2.45, 2.75) is 19.8 Å².